The molecule has 0 aromatic heterocycles. The van der Waals surface area contributed by atoms with E-state index < -0.39 is 0 Å². The van der Waals surface area contributed by atoms with Gasteiger partial charge in [-0.1, -0.05) is 36.4 Å². The number of aryl methyl sites for hydroxylation is 1. The van der Waals surface area contributed by atoms with Crippen molar-refractivity contribution in [1.82, 2.24) is 10.6 Å². The number of hydrogen-bond donors (Lipinski definition) is 2. The highest BCUT2D eigenvalue weighted by molar-refractivity contribution is 7.80. The third kappa shape index (κ3) is 2.57. The van der Waals surface area contributed by atoms with E-state index in [0.717, 1.165) is 23.7 Å². The predicted molar refractivity (Wildman–Crippen MR) is 95.6 cm³/mol. The van der Waals surface area contributed by atoms with E-state index in [9.17, 15) is 0 Å². The van der Waals surface area contributed by atoms with Gasteiger partial charge in [-0.25, -0.2) is 0 Å². The Labute approximate surface area is 142 Å². The van der Waals surface area contributed by atoms with Gasteiger partial charge < -0.3 is 15.4 Å². The highest BCUT2D eigenvalue weighted by atomic mass is 32.1. The number of rotatable bonds is 2. The maximum Gasteiger partial charge on any atom is 0.167 e. The highest BCUT2D eigenvalue weighted by Gasteiger charge is 2.39. The summed E-state index contributed by atoms with van der Waals surface area (Å²) >= 11 is 5.48. The van der Waals surface area contributed by atoms with Crippen molar-refractivity contribution in [2.75, 3.05) is 7.11 Å². The number of thiocarbonyl (C=S) groups is 1. The predicted octanol–water partition coefficient (Wildman–Crippen LogP) is 3.52. The SMILES string of the molecule is COc1ccc([C@@H]2NC(=S)N[C@H]3c4ccccc4CC[C@@H]23)cc1. The Morgan fingerprint density at radius 3 is 2.52 bits per heavy atom. The topological polar surface area (TPSA) is 33.3 Å². The molecule has 1 aliphatic heterocycles. The van der Waals surface area contributed by atoms with Gasteiger partial charge in [0, 0.05) is 5.92 Å². The summed E-state index contributed by atoms with van der Waals surface area (Å²) in [6.07, 6.45) is 2.28. The standard InChI is InChI=1S/C19H20N2OS/c1-22-14-9-6-13(7-10-14)17-16-11-8-12-4-2-3-5-15(12)18(16)21-19(23)20-17/h2-7,9-10,16-18H,8,11H2,1H3,(H2,20,21,23)/t16-,17-,18-/m0/s1. The number of hydrogen-bond acceptors (Lipinski definition) is 2. The first-order valence-corrected chi connectivity index (χ1v) is 8.46. The van der Waals surface area contributed by atoms with Gasteiger partial charge in [0.25, 0.3) is 0 Å². The molecule has 2 N–H and O–H groups in total. The highest BCUT2D eigenvalue weighted by Crippen LogP contribution is 2.43. The zero-order valence-corrected chi connectivity index (χ0v) is 13.9. The van der Waals surface area contributed by atoms with Crippen molar-refractivity contribution in [1.29, 1.82) is 0 Å². The molecule has 2 aliphatic rings. The Kier molecular flexibility index (Phi) is 3.69. The van der Waals surface area contributed by atoms with Gasteiger partial charge in [0.15, 0.2) is 5.11 Å². The molecule has 1 fully saturated rings. The lowest BCUT2D eigenvalue weighted by atomic mass is 9.73. The second-order valence-electron chi connectivity index (χ2n) is 6.25. The minimum atomic E-state index is 0.244. The molecule has 2 aromatic carbocycles. The van der Waals surface area contributed by atoms with Crippen LogP contribution in [0.4, 0.5) is 0 Å². The Balaban J connectivity index is 1.70. The molecule has 2 aromatic rings. The summed E-state index contributed by atoms with van der Waals surface area (Å²) in [4.78, 5) is 0. The van der Waals surface area contributed by atoms with Gasteiger partial charge in [0.1, 0.15) is 5.75 Å². The molecule has 1 saturated heterocycles. The minimum absolute atomic E-state index is 0.244. The molecule has 0 radical (unpaired) electrons. The van der Waals surface area contributed by atoms with Crippen LogP contribution in [-0.2, 0) is 6.42 Å². The van der Waals surface area contributed by atoms with E-state index in [2.05, 4.69) is 47.0 Å². The van der Waals surface area contributed by atoms with Crippen LogP contribution in [0.1, 0.15) is 35.2 Å². The van der Waals surface area contributed by atoms with E-state index in [1.54, 1.807) is 7.11 Å². The fourth-order valence-corrected chi connectivity index (χ4v) is 4.16. The van der Waals surface area contributed by atoms with E-state index in [-0.39, 0.29) is 6.04 Å². The lowest BCUT2D eigenvalue weighted by Crippen LogP contribution is -2.53. The average molecular weight is 324 g/mol. The lowest BCUT2D eigenvalue weighted by molar-refractivity contribution is 0.257. The van der Waals surface area contributed by atoms with Crippen LogP contribution in [0.3, 0.4) is 0 Å². The molecule has 3 nitrogen and oxygen atoms in total. The van der Waals surface area contributed by atoms with Gasteiger partial charge in [-0.05, 0) is 53.9 Å². The number of fused-ring (bicyclic) bond motifs is 3. The first-order valence-electron chi connectivity index (χ1n) is 8.05. The van der Waals surface area contributed by atoms with Gasteiger partial charge in [-0.15, -0.1) is 0 Å². The molecule has 3 atom stereocenters. The molecule has 4 rings (SSSR count). The van der Waals surface area contributed by atoms with E-state index in [1.807, 2.05) is 12.1 Å². The van der Waals surface area contributed by atoms with Crippen LogP contribution in [0.5, 0.6) is 5.75 Å². The molecule has 23 heavy (non-hydrogen) atoms. The molecule has 4 heteroatoms. The van der Waals surface area contributed by atoms with Crippen molar-refractivity contribution in [3.05, 3.63) is 65.2 Å². The third-order valence-electron chi connectivity index (χ3n) is 5.04. The normalized spacial score (nSPS) is 25.6. The molecule has 1 aliphatic carbocycles. The summed E-state index contributed by atoms with van der Waals surface area (Å²) in [5.41, 5.74) is 4.11. The fraction of sp³-hybridized carbons (Fsp3) is 0.316. The molecule has 0 spiro atoms. The Hall–Kier alpha value is -2.07. The van der Waals surface area contributed by atoms with Crippen LogP contribution < -0.4 is 15.4 Å². The van der Waals surface area contributed by atoms with Gasteiger partial charge in [0.2, 0.25) is 0 Å². The van der Waals surface area contributed by atoms with Crippen molar-refractivity contribution in [2.45, 2.75) is 24.9 Å². The van der Waals surface area contributed by atoms with Crippen LogP contribution in [-0.4, -0.2) is 12.2 Å². The summed E-state index contributed by atoms with van der Waals surface area (Å²) in [5.74, 6) is 1.38. The number of ether oxygens (including phenoxy) is 1. The van der Waals surface area contributed by atoms with Gasteiger partial charge in [0.05, 0.1) is 19.2 Å². The van der Waals surface area contributed by atoms with Crippen molar-refractivity contribution in [3.8, 4) is 5.75 Å². The number of benzene rings is 2. The maximum absolute atomic E-state index is 5.48. The van der Waals surface area contributed by atoms with Gasteiger partial charge in [-0.3, -0.25) is 0 Å². The summed E-state index contributed by atoms with van der Waals surface area (Å²) in [6, 6.07) is 17.6. The summed E-state index contributed by atoms with van der Waals surface area (Å²) < 4.78 is 5.27. The van der Waals surface area contributed by atoms with Crippen molar-refractivity contribution >= 4 is 17.3 Å². The Bertz CT molecular complexity index is 728. The molecule has 0 saturated carbocycles. The van der Waals surface area contributed by atoms with E-state index >= 15 is 0 Å². The number of methoxy groups -OCH3 is 1. The fourth-order valence-electron chi connectivity index (χ4n) is 3.90. The van der Waals surface area contributed by atoms with Crippen LogP contribution in [0.15, 0.2) is 48.5 Å². The first-order chi connectivity index (χ1) is 11.3. The van der Waals surface area contributed by atoms with Crippen LogP contribution >= 0.6 is 12.2 Å². The average Bonchev–Trinajstić information content (AvgIpc) is 2.61. The van der Waals surface area contributed by atoms with Gasteiger partial charge >= 0.3 is 0 Å². The zero-order chi connectivity index (χ0) is 15.8. The Morgan fingerprint density at radius 1 is 1.00 bits per heavy atom. The summed E-state index contributed by atoms with van der Waals surface area (Å²) in [7, 11) is 1.70. The van der Waals surface area contributed by atoms with E-state index in [0.29, 0.717) is 12.0 Å². The molecule has 0 amide bonds. The quantitative estimate of drug-likeness (QED) is 0.828. The van der Waals surface area contributed by atoms with Gasteiger partial charge in [-0.2, -0.15) is 0 Å². The molecule has 0 bridgehead atoms. The second-order valence-corrected chi connectivity index (χ2v) is 6.66. The number of nitrogens with one attached hydrogen (secondary N) is 2. The monoisotopic (exact) mass is 324 g/mol. The molecule has 0 unspecified atom stereocenters. The van der Waals surface area contributed by atoms with E-state index in [1.165, 1.54) is 16.7 Å². The molecule has 118 valence electrons. The third-order valence-corrected chi connectivity index (χ3v) is 5.28. The summed E-state index contributed by atoms with van der Waals surface area (Å²) in [6.45, 7) is 0. The lowest BCUT2D eigenvalue weighted by Gasteiger charge is -2.44. The van der Waals surface area contributed by atoms with Crippen LogP contribution in [0, 0.1) is 5.92 Å². The van der Waals surface area contributed by atoms with Crippen LogP contribution in [0.2, 0.25) is 0 Å². The van der Waals surface area contributed by atoms with Crippen molar-refractivity contribution in [2.24, 2.45) is 5.92 Å². The van der Waals surface area contributed by atoms with Crippen molar-refractivity contribution < 1.29 is 4.74 Å². The van der Waals surface area contributed by atoms with Crippen LogP contribution in [0.25, 0.3) is 0 Å². The molecule has 1 heterocycles. The molecular formula is C19H20N2OS. The second kappa shape index (κ2) is 5.85. The largest absolute Gasteiger partial charge is 0.497 e. The summed E-state index contributed by atoms with van der Waals surface area (Å²) in [5, 5.41) is 7.71. The first kappa shape index (κ1) is 14.5. The smallest absolute Gasteiger partial charge is 0.167 e. The zero-order valence-electron chi connectivity index (χ0n) is 13.1. The van der Waals surface area contributed by atoms with E-state index in [4.69, 9.17) is 17.0 Å². The van der Waals surface area contributed by atoms with Crippen molar-refractivity contribution in [3.63, 3.8) is 0 Å². The maximum atomic E-state index is 5.48. The Morgan fingerprint density at radius 2 is 1.74 bits per heavy atom. The minimum Gasteiger partial charge on any atom is -0.497 e. The molecular weight excluding hydrogens is 304 g/mol.